The summed E-state index contributed by atoms with van der Waals surface area (Å²) in [5.41, 5.74) is 2.47. The third-order valence-corrected chi connectivity index (χ3v) is 5.99. The highest BCUT2D eigenvalue weighted by molar-refractivity contribution is 7.92. The molecule has 1 heterocycles. The summed E-state index contributed by atoms with van der Waals surface area (Å²) >= 11 is 0. The van der Waals surface area contributed by atoms with Crippen LogP contribution in [0.25, 0.3) is 0 Å². The van der Waals surface area contributed by atoms with Gasteiger partial charge in [0.1, 0.15) is 11.5 Å². The van der Waals surface area contributed by atoms with E-state index in [2.05, 4.69) is 5.32 Å². The molecule has 1 amide bonds. The summed E-state index contributed by atoms with van der Waals surface area (Å²) in [6.07, 6.45) is 1.36. The molecule has 0 unspecified atom stereocenters. The van der Waals surface area contributed by atoms with Crippen LogP contribution < -0.4 is 19.1 Å². The molecule has 29 heavy (non-hydrogen) atoms. The van der Waals surface area contributed by atoms with Gasteiger partial charge in [-0.05, 0) is 48.7 Å². The lowest BCUT2D eigenvalue weighted by Crippen LogP contribution is -2.40. The molecule has 156 valence electrons. The zero-order chi connectivity index (χ0) is 21.0. The molecule has 0 saturated heterocycles. The summed E-state index contributed by atoms with van der Waals surface area (Å²) in [5.74, 6) is 0.934. The van der Waals surface area contributed by atoms with E-state index in [1.54, 1.807) is 19.2 Å². The highest BCUT2D eigenvalue weighted by Crippen LogP contribution is 2.35. The van der Waals surface area contributed by atoms with Gasteiger partial charge in [0.05, 0.1) is 19.1 Å². The lowest BCUT2D eigenvalue weighted by molar-refractivity contribution is -0.128. The van der Waals surface area contributed by atoms with Gasteiger partial charge in [-0.1, -0.05) is 18.2 Å². The maximum absolute atomic E-state index is 12.7. The first-order valence-corrected chi connectivity index (χ1v) is 11.3. The van der Waals surface area contributed by atoms with E-state index in [1.807, 2.05) is 37.3 Å². The number of nitrogens with zero attached hydrogens (tertiary/aromatic N) is 1. The maximum atomic E-state index is 12.7. The molecular formula is C21H26N2O5S. The zero-order valence-corrected chi connectivity index (χ0v) is 17.7. The van der Waals surface area contributed by atoms with Gasteiger partial charge >= 0.3 is 0 Å². The van der Waals surface area contributed by atoms with E-state index >= 15 is 0 Å². The molecule has 3 rings (SSSR count). The number of sulfonamides is 1. The fourth-order valence-electron chi connectivity index (χ4n) is 3.25. The van der Waals surface area contributed by atoms with Crippen molar-refractivity contribution in [2.24, 2.45) is 0 Å². The second-order valence-corrected chi connectivity index (χ2v) is 9.00. The minimum Gasteiger partial charge on any atom is -0.497 e. The number of carbonyl (C=O) groups is 1. The monoisotopic (exact) mass is 418 g/mol. The number of anilines is 1. The van der Waals surface area contributed by atoms with E-state index in [0.717, 1.165) is 23.1 Å². The highest BCUT2D eigenvalue weighted by atomic mass is 32.2. The molecule has 0 fully saturated rings. The lowest BCUT2D eigenvalue weighted by Gasteiger charge is -2.21. The Labute approximate surface area is 171 Å². The van der Waals surface area contributed by atoms with Crippen molar-refractivity contribution < 1.29 is 22.7 Å². The summed E-state index contributed by atoms with van der Waals surface area (Å²) in [7, 11) is -1.86. The van der Waals surface area contributed by atoms with Crippen LogP contribution in [0.2, 0.25) is 0 Å². The van der Waals surface area contributed by atoms with Crippen LogP contribution in [0.5, 0.6) is 11.5 Å². The minimum absolute atomic E-state index is 0.186. The molecule has 1 atom stereocenters. The van der Waals surface area contributed by atoms with Crippen LogP contribution in [0.3, 0.4) is 0 Å². The van der Waals surface area contributed by atoms with Crippen molar-refractivity contribution in [3.63, 3.8) is 0 Å². The van der Waals surface area contributed by atoms with Gasteiger partial charge in [-0.2, -0.15) is 0 Å². The van der Waals surface area contributed by atoms with Gasteiger partial charge < -0.3 is 14.8 Å². The first-order valence-electron chi connectivity index (χ1n) is 9.43. The Bertz CT molecular complexity index is 973. The molecule has 1 N–H and O–H groups in total. The van der Waals surface area contributed by atoms with E-state index in [4.69, 9.17) is 9.47 Å². The van der Waals surface area contributed by atoms with Gasteiger partial charge in [-0.3, -0.25) is 9.10 Å². The molecule has 8 heteroatoms. The molecule has 7 nitrogen and oxygen atoms in total. The number of hydrogen-bond donors (Lipinski definition) is 1. The number of carbonyl (C=O) groups excluding carboxylic acids is 1. The SMILES string of the molecule is COc1ccc(CCNC(=O)[C@@H]2CCN(S(C)(=O)=O)c3cc(C)ccc3O2)cc1. The van der Waals surface area contributed by atoms with Crippen LogP contribution in [-0.2, 0) is 21.2 Å². The Morgan fingerprint density at radius 1 is 1.24 bits per heavy atom. The van der Waals surface area contributed by atoms with Crippen molar-refractivity contribution in [1.29, 1.82) is 0 Å². The van der Waals surface area contributed by atoms with Crippen molar-refractivity contribution in [1.82, 2.24) is 5.32 Å². The van der Waals surface area contributed by atoms with Crippen molar-refractivity contribution >= 4 is 21.6 Å². The summed E-state index contributed by atoms with van der Waals surface area (Å²) < 4.78 is 36.8. The third kappa shape index (κ3) is 5.20. The summed E-state index contributed by atoms with van der Waals surface area (Å²) in [6.45, 7) is 2.53. The molecule has 0 bridgehead atoms. The molecule has 0 spiro atoms. The number of fused-ring (bicyclic) bond motifs is 1. The predicted octanol–water partition coefficient (Wildman–Crippen LogP) is 2.28. The maximum Gasteiger partial charge on any atom is 0.261 e. The Hall–Kier alpha value is -2.74. The van der Waals surface area contributed by atoms with Crippen molar-refractivity contribution in [3.05, 3.63) is 53.6 Å². The second kappa shape index (κ2) is 8.73. The van der Waals surface area contributed by atoms with Crippen LogP contribution in [0.15, 0.2) is 42.5 Å². The molecule has 0 aromatic heterocycles. The van der Waals surface area contributed by atoms with E-state index in [0.29, 0.717) is 24.4 Å². The van der Waals surface area contributed by atoms with E-state index in [-0.39, 0.29) is 18.9 Å². The topological polar surface area (TPSA) is 84.9 Å². The predicted molar refractivity (Wildman–Crippen MR) is 112 cm³/mol. The molecule has 1 aliphatic rings. The average molecular weight is 419 g/mol. The smallest absolute Gasteiger partial charge is 0.261 e. The zero-order valence-electron chi connectivity index (χ0n) is 16.8. The van der Waals surface area contributed by atoms with Gasteiger partial charge in [-0.25, -0.2) is 8.42 Å². The Kier molecular flexibility index (Phi) is 6.32. The van der Waals surface area contributed by atoms with Gasteiger partial charge in [0.2, 0.25) is 10.0 Å². The Morgan fingerprint density at radius 2 is 1.97 bits per heavy atom. The average Bonchev–Trinajstić information content (AvgIpc) is 2.87. The first kappa shape index (κ1) is 21.0. The molecule has 2 aromatic carbocycles. The van der Waals surface area contributed by atoms with Gasteiger partial charge in [0.25, 0.3) is 5.91 Å². The van der Waals surface area contributed by atoms with E-state index in [9.17, 15) is 13.2 Å². The van der Waals surface area contributed by atoms with Crippen LogP contribution >= 0.6 is 0 Å². The number of methoxy groups -OCH3 is 1. The van der Waals surface area contributed by atoms with Crippen LogP contribution in [0.4, 0.5) is 5.69 Å². The highest BCUT2D eigenvalue weighted by Gasteiger charge is 2.31. The normalized spacial score (nSPS) is 16.4. The number of hydrogen-bond acceptors (Lipinski definition) is 5. The summed E-state index contributed by atoms with van der Waals surface area (Å²) in [4.78, 5) is 12.7. The number of amides is 1. The second-order valence-electron chi connectivity index (χ2n) is 7.09. The fraction of sp³-hybridized carbons (Fsp3) is 0.381. The molecule has 2 aromatic rings. The minimum atomic E-state index is -3.48. The van der Waals surface area contributed by atoms with Crippen LogP contribution in [0.1, 0.15) is 17.5 Å². The Morgan fingerprint density at radius 3 is 2.62 bits per heavy atom. The summed E-state index contributed by atoms with van der Waals surface area (Å²) in [5, 5.41) is 2.89. The molecule has 0 radical (unpaired) electrons. The first-order chi connectivity index (χ1) is 13.8. The fourth-order valence-corrected chi connectivity index (χ4v) is 4.19. The number of nitrogens with one attached hydrogen (secondary N) is 1. The quantitative estimate of drug-likeness (QED) is 0.778. The number of benzene rings is 2. The van der Waals surface area contributed by atoms with Crippen molar-refractivity contribution in [3.8, 4) is 11.5 Å². The standard InChI is InChI=1S/C21H26N2O5S/c1-15-4-9-19-18(14-15)23(29(3,25)26)13-11-20(28-19)21(24)22-12-10-16-5-7-17(27-2)8-6-16/h4-9,14,20H,10-13H2,1-3H3,(H,22,24)/t20-/m0/s1. The van der Waals surface area contributed by atoms with Gasteiger partial charge in [-0.15, -0.1) is 0 Å². The van der Waals surface area contributed by atoms with Crippen molar-refractivity contribution in [2.45, 2.75) is 25.9 Å². The lowest BCUT2D eigenvalue weighted by atomic mass is 10.1. The van der Waals surface area contributed by atoms with E-state index in [1.165, 1.54) is 4.31 Å². The summed E-state index contributed by atoms with van der Waals surface area (Å²) in [6, 6.07) is 13.0. The number of rotatable bonds is 6. The van der Waals surface area contributed by atoms with Gasteiger partial charge in [0.15, 0.2) is 6.10 Å². The number of aryl methyl sites for hydroxylation is 1. The molecule has 0 saturated carbocycles. The third-order valence-electron chi connectivity index (χ3n) is 4.81. The van der Waals surface area contributed by atoms with Gasteiger partial charge in [0, 0.05) is 19.5 Å². The Balaban J connectivity index is 1.66. The number of ether oxygens (including phenoxy) is 2. The molecular weight excluding hydrogens is 392 g/mol. The van der Waals surface area contributed by atoms with E-state index < -0.39 is 16.1 Å². The molecule has 0 aliphatic carbocycles. The van der Waals surface area contributed by atoms with Crippen molar-refractivity contribution in [2.75, 3.05) is 30.8 Å². The van der Waals surface area contributed by atoms with Crippen LogP contribution in [0, 0.1) is 6.92 Å². The van der Waals surface area contributed by atoms with Crippen LogP contribution in [-0.4, -0.2) is 46.9 Å². The molecule has 1 aliphatic heterocycles. The largest absolute Gasteiger partial charge is 0.497 e.